The van der Waals surface area contributed by atoms with Gasteiger partial charge in [-0.2, -0.15) is 0 Å². The first-order chi connectivity index (χ1) is 8.67. The van der Waals surface area contributed by atoms with Gasteiger partial charge in [0.25, 0.3) is 0 Å². The Bertz CT molecular complexity index is 290. The lowest BCUT2D eigenvalue weighted by molar-refractivity contribution is -0.119. The van der Waals surface area contributed by atoms with Crippen molar-refractivity contribution < 1.29 is 9.53 Å². The molecule has 0 aromatic carbocycles. The third kappa shape index (κ3) is 3.23. The number of carbonyl (C=O) groups is 1. The van der Waals surface area contributed by atoms with Gasteiger partial charge >= 0.3 is 0 Å². The summed E-state index contributed by atoms with van der Waals surface area (Å²) in [7, 11) is 0. The van der Waals surface area contributed by atoms with Crippen molar-refractivity contribution in [1.29, 1.82) is 0 Å². The van der Waals surface area contributed by atoms with Gasteiger partial charge in [-0.1, -0.05) is 13.8 Å². The van der Waals surface area contributed by atoms with Gasteiger partial charge in [0.15, 0.2) is 0 Å². The van der Waals surface area contributed by atoms with E-state index in [9.17, 15) is 4.79 Å². The van der Waals surface area contributed by atoms with Crippen molar-refractivity contribution in [3.63, 3.8) is 0 Å². The minimum Gasteiger partial charge on any atom is -0.375 e. The van der Waals surface area contributed by atoms with E-state index in [1.807, 2.05) is 0 Å². The summed E-state index contributed by atoms with van der Waals surface area (Å²) in [5, 5.41) is 6.62. The van der Waals surface area contributed by atoms with Gasteiger partial charge in [0.2, 0.25) is 5.91 Å². The molecule has 2 unspecified atom stereocenters. The fourth-order valence-corrected chi connectivity index (χ4v) is 3.08. The van der Waals surface area contributed by atoms with E-state index in [1.165, 1.54) is 0 Å². The van der Waals surface area contributed by atoms with Crippen molar-refractivity contribution in [2.75, 3.05) is 13.2 Å². The fourth-order valence-electron chi connectivity index (χ4n) is 3.08. The molecule has 0 aliphatic carbocycles. The molecule has 2 rings (SSSR count). The van der Waals surface area contributed by atoms with Crippen LogP contribution in [-0.4, -0.2) is 36.7 Å². The Morgan fingerprint density at radius 3 is 2.78 bits per heavy atom. The first kappa shape index (κ1) is 13.8. The molecule has 2 fully saturated rings. The van der Waals surface area contributed by atoms with Crippen LogP contribution in [0.5, 0.6) is 0 Å². The molecule has 4 nitrogen and oxygen atoms in total. The number of nitrogens with one attached hydrogen (secondary N) is 2. The summed E-state index contributed by atoms with van der Waals surface area (Å²) >= 11 is 0. The molecule has 0 spiro atoms. The van der Waals surface area contributed by atoms with E-state index in [-0.39, 0.29) is 11.5 Å². The van der Waals surface area contributed by atoms with E-state index in [4.69, 9.17) is 4.74 Å². The van der Waals surface area contributed by atoms with Gasteiger partial charge in [-0.15, -0.1) is 0 Å². The Labute approximate surface area is 110 Å². The zero-order chi connectivity index (χ0) is 13.0. The summed E-state index contributed by atoms with van der Waals surface area (Å²) in [6.07, 6.45) is 6.02. The van der Waals surface area contributed by atoms with Crippen LogP contribution < -0.4 is 10.6 Å². The first-order valence-corrected chi connectivity index (χ1v) is 7.34. The second-order valence-corrected chi connectivity index (χ2v) is 5.64. The van der Waals surface area contributed by atoms with Gasteiger partial charge in [0, 0.05) is 31.7 Å². The maximum absolute atomic E-state index is 11.1. The van der Waals surface area contributed by atoms with E-state index in [0.29, 0.717) is 18.5 Å². The monoisotopic (exact) mass is 254 g/mol. The van der Waals surface area contributed by atoms with Gasteiger partial charge in [0.05, 0.1) is 5.60 Å². The predicted molar refractivity (Wildman–Crippen MR) is 71.5 cm³/mol. The Hall–Kier alpha value is -0.610. The molecule has 0 aromatic rings. The third-order valence-electron chi connectivity index (χ3n) is 4.52. The molecule has 104 valence electrons. The van der Waals surface area contributed by atoms with Crippen molar-refractivity contribution in [3.8, 4) is 0 Å². The highest BCUT2D eigenvalue weighted by molar-refractivity contribution is 5.78. The third-order valence-corrected chi connectivity index (χ3v) is 4.52. The zero-order valence-electron chi connectivity index (χ0n) is 11.6. The normalized spacial score (nSPS) is 31.3. The van der Waals surface area contributed by atoms with Crippen LogP contribution in [0.25, 0.3) is 0 Å². The lowest BCUT2D eigenvalue weighted by Gasteiger charge is -2.40. The largest absolute Gasteiger partial charge is 0.375 e. The minimum absolute atomic E-state index is 0.0782. The zero-order valence-corrected chi connectivity index (χ0v) is 11.6. The van der Waals surface area contributed by atoms with Crippen LogP contribution in [0.2, 0.25) is 0 Å². The highest BCUT2D eigenvalue weighted by atomic mass is 16.5. The van der Waals surface area contributed by atoms with E-state index in [0.717, 1.165) is 45.3 Å². The minimum atomic E-state index is 0.0782. The van der Waals surface area contributed by atoms with E-state index >= 15 is 0 Å². The van der Waals surface area contributed by atoms with Crippen LogP contribution in [0.4, 0.5) is 0 Å². The van der Waals surface area contributed by atoms with Gasteiger partial charge in [0.1, 0.15) is 0 Å². The molecule has 1 amide bonds. The van der Waals surface area contributed by atoms with E-state index in [1.54, 1.807) is 0 Å². The molecule has 2 aliphatic rings. The maximum atomic E-state index is 11.1. The molecule has 18 heavy (non-hydrogen) atoms. The molecule has 0 radical (unpaired) electrons. The summed E-state index contributed by atoms with van der Waals surface area (Å²) in [5.74, 6) is 0.199. The Balaban J connectivity index is 1.77. The number of hydrogen-bond acceptors (Lipinski definition) is 3. The highest BCUT2D eigenvalue weighted by Gasteiger charge is 2.34. The van der Waals surface area contributed by atoms with Crippen molar-refractivity contribution >= 4 is 5.91 Å². The lowest BCUT2D eigenvalue weighted by Crippen LogP contribution is -2.49. The standard InChI is InChI=1S/C14H26N2O2/c1-3-14(4-2)9-11(7-8-18-14)15-10-12-5-6-13(17)16-12/h11-12,15H,3-10H2,1-2H3,(H,16,17). The fraction of sp³-hybridized carbons (Fsp3) is 0.929. The molecule has 0 saturated carbocycles. The van der Waals surface area contributed by atoms with Crippen molar-refractivity contribution in [3.05, 3.63) is 0 Å². The molecule has 2 atom stereocenters. The highest BCUT2D eigenvalue weighted by Crippen LogP contribution is 2.31. The number of amides is 1. The second kappa shape index (κ2) is 6.02. The molecule has 2 heterocycles. The number of ether oxygens (including phenoxy) is 1. The number of rotatable bonds is 5. The van der Waals surface area contributed by atoms with Crippen LogP contribution in [0.3, 0.4) is 0 Å². The van der Waals surface area contributed by atoms with Crippen LogP contribution >= 0.6 is 0 Å². The topological polar surface area (TPSA) is 50.4 Å². The van der Waals surface area contributed by atoms with Gasteiger partial charge in [-0.25, -0.2) is 0 Å². The Morgan fingerprint density at radius 2 is 2.17 bits per heavy atom. The van der Waals surface area contributed by atoms with Crippen LogP contribution in [0, 0.1) is 0 Å². The maximum Gasteiger partial charge on any atom is 0.220 e. The Kier molecular flexibility index (Phi) is 4.62. The summed E-state index contributed by atoms with van der Waals surface area (Å²) in [6, 6.07) is 0.870. The van der Waals surface area contributed by atoms with Crippen LogP contribution in [0.1, 0.15) is 52.4 Å². The molecular weight excluding hydrogens is 228 g/mol. The summed E-state index contributed by atoms with van der Waals surface area (Å²) in [6.45, 7) is 6.18. The van der Waals surface area contributed by atoms with E-state index in [2.05, 4.69) is 24.5 Å². The molecule has 2 saturated heterocycles. The quantitative estimate of drug-likeness (QED) is 0.783. The van der Waals surface area contributed by atoms with Crippen molar-refractivity contribution in [2.45, 2.75) is 70.1 Å². The molecule has 2 aliphatic heterocycles. The van der Waals surface area contributed by atoms with Crippen LogP contribution in [-0.2, 0) is 9.53 Å². The van der Waals surface area contributed by atoms with Gasteiger partial charge in [-0.05, 0) is 32.1 Å². The smallest absolute Gasteiger partial charge is 0.220 e. The Morgan fingerprint density at radius 1 is 1.39 bits per heavy atom. The molecule has 0 aromatic heterocycles. The number of carbonyl (C=O) groups excluding carboxylic acids is 1. The summed E-state index contributed by atoms with van der Waals surface area (Å²) in [5.41, 5.74) is 0.0782. The second-order valence-electron chi connectivity index (χ2n) is 5.64. The molecule has 2 N–H and O–H groups in total. The first-order valence-electron chi connectivity index (χ1n) is 7.34. The number of hydrogen-bond donors (Lipinski definition) is 2. The average molecular weight is 254 g/mol. The van der Waals surface area contributed by atoms with Crippen molar-refractivity contribution in [1.82, 2.24) is 10.6 Å². The van der Waals surface area contributed by atoms with Gasteiger partial charge < -0.3 is 15.4 Å². The summed E-state index contributed by atoms with van der Waals surface area (Å²) < 4.78 is 5.97. The molecular formula is C14H26N2O2. The van der Waals surface area contributed by atoms with Crippen LogP contribution in [0.15, 0.2) is 0 Å². The summed E-state index contributed by atoms with van der Waals surface area (Å²) in [4.78, 5) is 11.1. The average Bonchev–Trinajstić information content (AvgIpc) is 2.82. The molecule has 0 bridgehead atoms. The van der Waals surface area contributed by atoms with Gasteiger partial charge in [-0.3, -0.25) is 4.79 Å². The van der Waals surface area contributed by atoms with E-state index < -0.39 is 0 Å². The predicted octanol–water partition coefficient (Wildman–Crippen LogP) is 1.59. The van der Waals surface area contributed by atoms with Crippen molar-refractivity contribution in [2.24, 2.45) is 0 Å². The lowest BCUT2D eigenvalue weighted by atomic mass is 9.86. The SMILES string of the molecule is CCC1(CC)CC(NCC2CCC(=O)N2)CCO1. The molecule has 4 heteroatoms.